The van der Waals surface area contributed by atoms with Crippen molar-refractivity contribution in [2.75, 3.05) is 27.7 Å². The summed E-state index contributed by atoms with van der Waals surface area (Å²) in [5.41, 5.74) is 2.51. The van der Waals surface area contributed by atoms with Crippen LogP contribution < -0.4 is 9.47 Å². The number of methoxy groups -OCH3 is 1. The molecule has 31 heavy (non-hydrogen) atoms. The molecule has 3 rings (SSSR count). The van der Waals surface area contributed by atoms with Gasteiger partial charge in [0.1, 0.15) is 6.10 Å². The first-order valence-electron chi connectivity index (χ1n) is 9.58. The minimum absolute atomic E-state index is 0.0117. The quantitative estimate of drug-likeness (QED) is 0.621. The summed E-state index contributed by atoms with van der Waals surface area (Å²) in [5, 5.41) is 16.4. The highest BCUT2D eigenvalue weighted by Crippen LogP contribution is 2.42. The number of halogens is 1. The predicted octanol–water partition coefficient (Wildman–Crippen LogP) is 3.91. The molecule has 0 heterocycles. The van der Waals surface area contributed by atoms with Crippen LogP contribution in [0.4, 0.5) is 0 Å². The zero-order chi connectivity index (χ0) is 23.0. The predicted molar refractivity (Wildman–Crippen MR) is 118 cm³/mol. The lowest BCUT2D eigenvalue weighted by atomic mass is 10.0. The minimum atomic E-state index is -1.26. The van der Waals surface area contributed by atoms with Crippen LogP contribution in [0, 0.1) is 5.92 Å². The SMILES string of the molecule is COc1ccccc1O[C@@H]1c2cc(Cl)ccc2C[C@@H]1CN(C)C.O=C(O)/C=C\C(=O)O. The first-order valence-corrected chi connectivity index (χ1v) is 9.95. The van der Waals surface area contributed by atoms with E-state index in [1.165, 1.54) is 11.1 Å². The van der Waals surface area contributed by atoms with E-state index in [1.54, 1.807) is 7.11 Å². The number of carbonyl (C=O) groups is 2. The van der Waals surface area contributed by atoms with Crippen LogP contribution in [0.2, 0.25) is 5.02 Å². The molecule has 7 nitrogen and oxygen atoms in total. The number of ether oxygens (including phenoxy) is 2. The lowest BCUT2D eigenvalue weighted by Gasteiger charge is -2.25. The number of fused-ring (bicyclic) bond motifs is 1. The molecule has 0 bridgehead atoms. The van der Waals surface area contributed by atoms with Gasteiger partial charge in [-0.15, -0.1) is 0 Å². The van der Waals surface area contributed by atoms with E-state index in [0.717, 1.165) is 29.5 Å². The van der Waals surface area contributed by atoms with Gasteiger partial charge in [-0.3, -0.25) is 0 Å². The van der Waals surface area contributed by atoms with Crippen LogP contribution in [-0.4, -0.2) is 54.8 Å². The monoisotopic (exact) mass is 447 g/mol. The molecule has 0 amide bonds. The number of hydrogen-bond acceptors (Lipinski definition) is 5. The third-order valence-corrected chi connectivity index (χ3v) is 4.85. The number of rotatable bonds is 7. The van der Waals surface area contributed by atoms with Crippen molar-refractivity contribution in [1.29, 1.82) is 0 Å². The zero-order valence-corrected chi connectivity index (χ0v) is 18.4. The number of aliphatic carboxylic acids is 2. The van der Waals surface area contributed by atoms with Crippen molar-refractivity contribution in [2.45, 2.75) is 12.5 Å². The minimum Gasteiger partial charge on any atom is -0.493 e. The lowest BCUT2D eigenvalue weighted by Crippen LogP contribution is -2.27. The standard InChI is InChI=1S/C19H22ClNO2.C4H4O4/c1-21(2)12-14-10-13-8-9-15(20)11-16(13)19(14)23-18-7-5-4-6-17(18)22-3;5-3(6)1-2-4(7)8/h4-9,11,14,19H,10,12H2,1-3H3;1-2H,(H,5,6)(H,7,8)/b;2-1-/t14-,19+;/m1./s1. The van der Waals surface area contributed by atoms with Gasteiger partial charge in [-0.25, -0.2) is 9.59 Å². The van der Waals surface area contributed by atoms with Gasteiger partial charge in [-0.2, -0.15) is 0 Å². The average molecular weight is 448 g/mol. The molecular formula is C23H26ClNO6. The molecule has 0 radical (unpaired) electrons. The molecule has 2 N–H and O–H groups in total. The molecule has 0 saturated heterocycles. The van der Waals surface area contributed by atoms with Gasteiger partial charge < -0.3 is 24.6 Å². The van der Waals surface area contributed by atoms with Crippen LogP contribution in [0.1, 0.15) is 17.2 Å². The largest absolute Gasteiger partial charge is 0.493 e. The second-order valence-corrected chi connectivity index (χ2v) is 7.71. The molecular weight excluding hydrogens is 422 g/mol. The summed E-state index contributed by atoms with van der Waals surface area (Å²) in [7, 11) is 5.85. The fourth-order valence-electron chi connectivity index (χ4n) is 3.44. The molecule has 0 aromatic heterocycles. The number of benzene rings is 2. The highest BCUT2D eigenvalue weighted by atomic mass is 35.5. The Labute approximate surface area is 186 Å². The molecule has 1 aliphatic rings. The van der Waals surface area contributed by atoms with E-state index in [1.807, 2.05) is 36.4 Å². The van der Waals surface area contributed by atoms with Gasteiger partial charge in [0.2, 0.25) is 0 Å². The molecule has 2 aromatic carbocycles. The van der Waals surface area contributed by atoms with E-state index >= 15 is 0 Å². The Morgan fingerprint density at radius 2 is 1.71 bits per heavy atom. The molecule has 166 valence electrons. The summed E-state index contributed by atoms with van der Waals surface area (Å²) >= 11 is 6.21. The Morgan fingerprint density at radius 3 is 2.26 bits per heavy atom. The van der Waals surface area contributed by atoms with E-state index < -0.39 is 11.9 Å². The van der Waals surface area contributed by atoms with Crippen molar-refractivity contribution in [3.05, 3.63) is 70.8 Å². The van der Waals surface area contributed by atoms with Crippen LogP contribution in [0.5, 0.6) is 11.5 Å². The third kappa shape index (κ3) is 7.31. The van der Waals surface area contributed by atoms with E-state index in [-0.39, 0.29) is 6.10 Å². The summed E-state index contributed by atoms with van der Waals surface area (Å²) in [6.45, 7) is 0.964. The molecule has 0 aliphatic heterocycles. The van der Waals surface area contributed by atoms with Crippen LogP contribution in [0.3, 0.4) is 0 Å². The number of para-hydroxylation sites is 2. The maximum Gasteiger partial charge on any atom is 0.328 e. The highest BCUT2D eigenvalue weighted by molar-refractivity contribution is 6.30. The van der Waals surface area contributed by atoms with Gasteiger partial charge in [0.25, 0.3) is 0 Å². The number of carboxylic acids is 2. The molecule has 2 aromatic rings. The second-order valence-electron chi connectivity index (χ2n) is 7.27. The fourth-order valence-corrected chi connectivity index (χ4v) is 3.63. The Hall–Kier alpha value is -3.03. The average Bonchev–Trinajstić information content (AvgIpc) is 3.03. The van der Waals surface area contributed by atoms with Crippen molar-refractivity contribution in [3.63, 3.8) is 0 Å². The Balaban J connectivity index is 0.000000366. The maximum absolute atomic E-state index is 9.55. The first-order chi connectivity index (χ1) is 14.7. The van der Waals surface area contributed by atoms with Gasteiger partial charge in [0.15, 0.2) is 11.5 Å². The molecule has 8 heteroatoms. The lowest BCUT2D eigenvalue weighted by molar-refractivity contribution is -0.134. The van der Waals surface area contributed by atoms with Crippen LogP contribution in [0.15, 0.2) is 54.6 Å². The number of hydrogen-bond donors (Lipinski definition) is 2. The molecule has 0 saturated carbocycles. The Bertz CT molecular complexity index is 927. The van der Waals surface area contributed by atoms with Crippen LogP contribution >= 0.6 is 11.6 Å². The Kier molecular flexibility index (Phi) is 8.90. The summed E-state index contributed by atoms with van der Waals surface area (Å²) < 4.78 is 11.8. The van der Waals surface area contributed by atoms with Crippen molar-refractivity contribution < 1.29 is 29.3 Å². The van der Waals surface area contributed by atoms with Crippen LogP contribution in [-0.2, 0) is 16.0 Å². The highest BCUT2D eigenvalue weighted by Gasteiger charge is 2.35. The normalized spacial score (nSPS) is 17.1. The zero-order valence-electron chi connectivity index (χ0n) is 17.6. The second kappa shape index (κ2) is 11.4. The van der Waals surface area contributed by atoms with Gasteiger partial charge in [-0.1, -0.05) is 29.8 Å². The summed E-state index contributed by atoms with van der Waals surface area (Å²) in [5.74, 6) is -0.591. The van der Waals surface area contributed by atoms with Crippen LogP contribution in [0.25, 0.3) is 0 Å². The molecule has 0 fully saturated rings. The number of carboxylic acid groups (broad SMARTS) is 2. The number of nitrogens with zero attached hydrogens (tertiary/aromatic N) is 1. The smallest absolute Gasteiger partial charge is 0.328 e. The fraction of sp³-hybridized carbons (Fsp3) is 0.304. The molecule has 0 unspecified atom stereocenters. The van der Waals surface area contributed by atoms with Crippen molar-refractivity contribution in [2.24, 2.45) is 5.92 Å². The summed E-state index contributed by atoms with van der Waals surface area (Å²) in [6, 6.07) is 13.9. The first kappa shape index (κ1) is 24.2. The maximum atomic E-state index is 9.55. The van der Waals surface area contributed by atoms with Gasteiger partial charge >= 0.3 is 11.9 Å². The van der Waals surface area contributed by atoms with Gasteiger partial charge in [0.05, 0.1) is 7.11 Å². The van der Waals surface area contributed by atoms with Crippen molar-refractivity contribution >= 4 is 23.5 Å². The van der Waals surface area contributed by atoms with E-state index in [2.05, 4.69) is 25.1 Å². The molecule has 2 atom stereocenters. The van der Waals surface area contributed by atoms with E-state index in [0.29, 0.717) is 18.1 Å². The third-order valence-electron chi connectivity index (χ3n) is 4.62. The molecule has 1 aliphatic carbocycles. The summed E-state index contributed by atoms with van der Waals surface area (Å²) in [6.07, 6.45) is 2.11. The van der Waals surface area contributed by atoms with E-state index in [4.69, 9.17) is 31.3 Å². The van der Waals surface area contributed by atoms with Gasteiger partial charge in [0, 0.05) is 29.6 Å². The molecule has 0 spiro atoms. The van der Waals surface area contributed by atoms with Gasteiger partial charge in [-0.05, 0) is 55.9 Å². The Morgan fingerprint density at radius 1 is 1.10 bits per heavy atom. The summed E-state index contributed by atoms with van der Waals surface area (Å²) in [4.78, 5) is 21.3. The van der Waals surface area contributed by atoms with E-state index in [9.17, 15) is 9.59 Å². The van der Waals surface area contributed by atoms with Crippen molar-refractivity contribution in [1.82, 2.24) is 4.90 Å². The van der Waals surface area contributed by atoms with Crippen molar-refractivity contribution in [3.8, 4) is 11.5 Å². The topological polar surface area (TPSA) is 96.3 Å².